The summed E-state index contributed by atoms with van der Waals surface area (Å²) >= 11 is 0. The highest BCUT2D eigenvalue weighted by molar-refractivity contribution is 5.20. The summed E-state index contributed by atoms with van der Waals surface area (Å²) in [6.45, 7) is 2.96. The van der Waals surface area contributed by atoms with E-state index in [9.17, 15) is 4.39 Å². The lowest BCUT2D eigenvalue weighted by Gasteiger charge is -2.05. The van der Waals surface area contributed by atoms with Crippen LogP contribution in [0.5, 0.6) is 0 Å². The number of aryl methyl sites for hydroxylation is 1. The fourth-order valence-corrected chi connectivity index (χ4v) is 1.66. The monoisotopic (exact) mass is 219 g/mol. The average Bonchev–Trinajstić information content (AvgIpc) is 2.70. The number of benzene rings is 1. The second kappa shape index (κ2) is 4.88. The van der Waals surface area contributed by atoms with Crippen LogP contribution < -0.4 is 0 Å². The normalized spacial score (nSPS) is 10.6. The average molecular weight is 219 g/mol. The van der Waals surface area contributed by atoms with Crippen LogP contribution >= 0.6 is 0 Å². The zero-order chi connectivity index (χ0) is 11.4. The molecule has 1 aromatic heterocycles. The van der Waals surface area contributed by atoms with E-state index in [-0.39, 0.29) is 5.82 Å². The summed E-state index contributed by atoms with van der Waals surface area (Å²) in [4.78, 5) is 0. The molecule has 0 N–H and O–H groups in total. The third-order valence-corrected chi connectivity index (χ3v) is 2.47. The van der Waals surface area contributed by atoms with Crippen LogP contribution in [-0.4, -0.2) is 14.8 Å². The quantitative estimate of drug-likeness (QED) is 0.790. The lowest BCUT2D eigenvalue weighted by atomic mass is 10.1. The van der Waals surface area contributed by atoms with Crippen molar-refractivity contribution in [2.45, 2.75) is 26.3 Å². The molecule has 0 radical (unpaired) electrons. The molecule has 0 bridgehead atoms. The molecule has 2 rings (SSSR count). The Morgan fingerprint density at radius 3 is 2.88 bits per heavy atom. The van der Waals surface area contributed by atoms with Gasteiger partial charge in [0.1, 0.15) is 18.0 Å². The fraction of sp³-hybridized carbons (Fsp3) is 0.333. The van der Waals surface area contributed by atoms with Gasteiger partial charge in [-0.3, -0.25) is 0 Å². The van der Waals surface area contributed by atoms with E-state index in [0.717, 1.165) is 18.8 Å². The van der Waals surface area contributed by atoms with E-state index in [0.29, 0.717) is 12.0 Å². The number of aromatic nitrogens is 3. The van der Waals surface area contributed by atoms with Gasteiger partial charge in [0.15, 0.2) is 0 Å². The Balaban J connectivity index is 2.20. The molecule has 0 fully saturated rings. The van der Waals surface area contributed by atoms with E-state index in [4.69, 9.17) is 0 Å². The maximum atomic E-state index is 13.4. The van der Waals surface area contributed by atoms with Crippen molar-refractivity contribution in [1.82, 2.24) is 14.8 Å². The second-order valence-electron chi connectivity index (χ2n) is 3.71. The molecule has 0 unspecified atom stereocenters. The van der Waals surface area contributed by atoms with Gasteiger partial charge in [0, 0.05) is 13.0 Å². The van der Waals surface area contributed by atoms with E-state index >= 15 is 0 Å². The predicted molar refractivity (Wildman–Crippen MR) is 59.5 cm³/mol. The SMILES string of the molecule is CCCn1cnnc1Cc1ccccc1F. The molecular weight excluding hydrogens is 205 g/mol. The van der Waals surface area contributed by atoms with Crippen LogP contribution in [-0.2, 0) is 13.0 Å². The summed E-state index contributed by atoms with van der Waals surface area (Å²) < 4.78 is 15.4. The molecule has 1 aromatic carbocycles. The highest BCUT2D eigenvalue weighted by Gasteiger charge is 2.07. The predicted octanol–water partition coefficient (Wildman–Crippen LogP) is 2.42. The third-order valence-electron chi connectivity index (χ3n) is 2.47. The molecule has 0 saturated heterocycles. The molecule has 0 atom stereocenters. The topological polar surface area (TPSA) is 30.7 Å². The first-order valence-electron chi connectivity index (χ1n) is 5.41. The van der Waals surface area contributed by atoms with Crippen molar-refractivity contribution in [2.24, 2.45) is 0 Å². The first-order chi connectivity index (χ1) is 7.81. The maximum Gasteiger partial charge on any atom is 0.137 e. The Hall–Kier alpha value is -1.71. The number of hydrogen-bond donors (Lipinski definition) is 0. The molecule has 3 nitrogen and oxygen atoms in total. The zero-order valence-corrected chi connectivity index (χ0v) is 9.23. The molecule has 0 saturated carbocycles. The van der Waals surface area contributed by atoms with Gasteiger partial charge in [-0.25, -0.2) is 4.39 Å². The first kappa shape index (κ1) is 10.8. The van der Waals surface area contributed by atoms with Crippen LogP contribution in [0.1, 0.15) is 24.7 Å². The van der Waals surface area contributed by atoms with Gasteiger partial charge in [-0.05, 0) is 18.1 Å². The summed E-state index contributed by atoms with van der Waals surface area (Å²) in [6, 6.07) is 6.77. The Bertz CT molecular complexity index is 465. The third kappa shape index (κ3) is 2.27. The smallest absolute Gasteiger partial charge is 0.137 e. The van der Waals surface area contributed by atoms with E-state index in [1.165, 1.54) is 6.07 Å². The molecule has 0 aliphatic heterocycles. The Morgan fingerprint density at radius 1 is 1.31 bits per heavy atom. The number of halogens is 1. The van der Waals surface area contributed by atoms with Gasteiger partial charge in [0.25, 0.3) is 0 Å². The van der Waals surface area contributed by atoms with Crippen LogP contribution in [0.25, 0.3) is 0 Å². The van der Waals surface area contributed by atoms with Crippen LogP contribution in [0, 0.1) is 5.82 Å². The van der Waals surface area contributed by atoms with E-state index < -0.39 is 0 Å². The molecule has 1 heterocycles. The van der Waals surface area contributed by atoms with E-state index in [1.54, 1.807) is 18.5 Å². The van der Waals surface area contributed by atoms with E-state index in [1.807, 2.05) is 10.6 Å². The lowest BCUT2D eigenvalue weighted by Crippen LogP contribution is -2.04. The summed E-state index contributed by atoms with van der Waals surface area (Å²) in [7, 11) is 0. The highest BCUT2D eigenvalue weighted by atomic mass is 19.1. The van der Waals surface area contributed by atoms with Crippen molar-refractivity contribution in [3.63, 3.8) is 0 Å². The molecule has 4 heteroatoms. The van der Waals surface area contributed by atoms with Crippen LogP contribution in [0.15, 0.2) is 30.6 Å². The largest absolute Gasteiger partial charge is 0.317 e. The fourth-order valence-electron chi connectivity index (χ4n) is 1.66. The van der Waals surface area contributed by atoms with Crippen LogP contribution in [0.4, 0.5) is 4.39 Å². The summed E-state index contributed by atoms with van der Waals surface area (Å²) in [5, 5.41) is 7.87. The van der Waals surface area contributed by atoms with Gasteiger partial charge in [0.05, 0.1) is 0 Å². The van der Waals surface area contributed by atoms with E-state index in [2.05, 4.69) is 17.1 Å². The van der Waals surface area contributed by atoms with Crippen LogP contribution in [0.3, 0.4) is 0 Å². The molecular formula is C12H14FN3. The maximum absolute atomic E-state index is 13.4. The molecule has 84 valence electrons. The molecule has 0 aliphatic rings. The summed E-state index contributed by atoms with van der Waals surface area (Å²) in [5.41, 5.74) is 0.660. The molecule has 0 aliphatic carbocycles. The molecule has 16 heavy (non-hydrogen) atoms. The van der Waals surface area contributed by atoms with Gasteiger partial charge < -0.3 is 4.57 Å². The number of hydrogen-bond acceptors (Lipinski definition) is 2. The molecule has 0 spiro atoms. The second-order valence-corrected chi connectivity index (χ2v) is 3.71. The zero-order valence-electron chi connectivity index (χ0n) is 9.23. The van der Waals surface area contributed by atoms with Crippen molar-refractivity contribution in [3.8, 4) is 0 Å². The van der Waals surface area contributed by atoms with Gasteiger partial charge in [-0.15, -0.1) is 10.2 Å². The van der Waals surface area contributed by atoms with Crippen molar-refractivity contribution in [1.29, 1.82) is 0 Å². The van der Waals surface area contributed by atoms with Crippen molar-refractivity contribution in [3.05, 3.63) is 47.8 Å². The minimum Gasteiger partial charge on any atom is -0.317 e. The Labute approximate surface area is 93.9 Å². The Morgan fingerprint density at radius 2 is 2.12 bits per heavy atom. The minimum atomic E-state index is -0.187. The van der Waals surface area contributed by atoms with Gasteiger partial charge in [0.2, 0.25) is 0 Å². The van der Waals surface area contributed by atoms with Crippen LogP contribution in [0.2, 0.25) is 0 Å². The molecule has 2 aromatic rings. The number of nitrogens with zero attached hydrogens (tertiary/aromatic N) is 3. The highest BCUT2D eigenvalue weighted by Crippen LogP contribution is 2.11. The summed E-state index contributed by atoms with van der Waals surface area (Å²) in [5.74, 6) is 0.625. The van der Waals surface area contributed by atoms with Crippen molar-refractivity contribution >= 4 is 0 Å². The van der Waals surface area contributed by atoms with Gasteiger partial charge in [-0.1, -0.05) is 25.1 Å². The van der Waals surface area contributed by atoms with Crippen molar-refractivity contribution < 1.29 is 4.39 Å². The molecule has 0 amide bonds. The first-order valence-corrected chi connectivity index (χ1v) is 5.41. The van der Waals surface area contributed by atoms with Gasteiger partial charge >= 0.3 is 0 Å². The Kier molecular flexibility index (Phi) is 3.29. The number of rotatable bonds is 4. The minimum absolute atomic E-state index is 0.187. The van der Waals surface area contributed by atoms with Crippen molar-refractivity contribution in [2.75, 3.05) is 0 Å². The van der Waals surface area contributed by atoms with Gasteiger partial charge in [-0.2, -0.15) is 0 Å². The summed E-state index contributed by atoms with van der Waals surface area (Å²) in [6.07, 6.45) is 3.20. The standard InChI is InChI=1S/C12H14FN3/c1-2-7-16-9-14-15-12(16)8-10-5-3-4-6-11(10)13/h3-6,9H,2,7-8H2,1H3. The lowest BCUT2D eigenvalue weighted by molar-refractivity contribution is 0.602.